The summed E-state index contributed by atoms with van der Waals surface area (Å²) in [7, 11) is 0. The Morgan fingerprint density at radius 2 is 2.04 bits per heavy atom. The standard InChI is InChI=1S/C19H22N4O3/c1-4-22(11-17(25)14-6-5-7-15(24)10-14)19(26)16-9-13(3)23-18(20-16)8-12(2)21-23/h5-10,17,24-25H,4,11H2,1-3H3/t17-/m1/s1. The van der Waals surface area contributed by atoms with Crippen LogP contribution in [0.1, 0.15) is 40.5 Å². The van der Waals surface area contributed by atoms with Gasteiger partial charge in [0, 0.05) is 18.3 Å². The number of carbonyl (C=O) groups is 1. The largest absolute Gasteiger partial charge is 0.508 e. The van der Waals surface area contributed by atoms with Gasteiger partial charge in [-0.05, 0) is 44.5 Å². The zero-order valence-electron chi connectivity index (χ0n) is 15.0. The molecule has 0 saturated carbocycles. The molecule has 1 amide bonds. The van der Waals surface area contributed by atoms with Gasteiger partial charge in [-0.15, -0.1) is 0 Å². The fourth-order valence-corrected chi connectivity index (χ4v) is 2.91. The second-order valence-electron chi connectivity index (χ2n) is 6.29. The minimum absolute atomic E-state index is 0.0785. The van der Waals surface area contributed by atoms with Crippen LogP contribution in [0.5, 0.6) is 5.75 Å². The number of fused-ring (bicyclic) bond motifs is 1. The van der Waals surface area contributed by atoms with Gasteiger partial charge < -0.3 is 15.1 Å². The highest BCUT2D eigenvalue weighted by molar-refractivity contribution is 5.93. The van der Waals surface area contributed by atoms with Gasteiger partial charge in [0.2, 0.25) is 0 Å². The maximum Gasteiger partial charge on any atom is 0.272 e. The van der Waals surface area contributed by atoms with Crippen LogP contribution < -0.4 is 0 Å². The van der Waals surface area contributed by atoms with E-state index in [9.17, 15) is 15.0 Å². The molecule has 2 aromatic heterocycles. The van der Waals surface area contributed by atoms with Crippen LogP contribution in [0, 0.1) is 13.8 Å². The van der Waals surface area contributed by atoms with Gasteiger partial charge >= 0.3 is 0 Å². The monoisotopic (exact) mass is 354 g/mol. The molecule has 0 unspecified atom stereocenters. The van der Waals surface area contributed by atoms with Crippen LogP contribution >= 0.6 is 0 Å². The minimum atomic E-state index is -0.895. The molecule has 3 rings (SSSR count). The second-order valence-corrected chi connectivity index (χ2v) is 6.29. The summed E-state index contributed by atoms with van der Waals surface area (Å²) >= 11 is 0. The number of nitrogens with zero attached hydrogens (tertiary/aromatic N) is 4. The van der Waals surface area contributed by atoms with Crippen LogP contribution in [0.2, 0.25) is 0 Å². The third-order valence-electron chi connectivity index (χ3n) is 4.26. The lowest BCUT2D eigenvalue weighted by Gasteiger charge is -2.24. The van der Waals surface area contributed by atoms with Crippen molar-refractivity contribution < 1.29 is 15.0 Å². The molecule has 2 heterocycles. The fraction of sp³-hybridized carbons (Fsp3) is 0.316. The molecule has 0 aliphatic carbocycles. The van der Waals surface area contributed by atoms with E-state index in [-0.39, 0.29) is 18.2 Å². The van der Waals surface area contributed by atoms with E-state index in [4.69, 9.17) is 0 Å². The van der Waals surface area contributed by atoms with E-state index < -0.39 is 6.10 Å². The number of amides is 1. The van der Waals surface area contributed by atoms with E-state index in [0.717, 1.165) is 11.4 Å². The average molecular weight is 354 g/mol. The lowest BCUT2D eigenvalue weighted by molar-refractivity contribution is 0.0629. The lowest BCUT2D eigenvalue weighted by atomic mass is 10.1. The summed E-state index contributed by atoms with van der Waals surface area (Å²) in [6, 6.07) is 9.92. The van der Waals surface area contributed by atoms with Crippen molar-refractivity contribution in [2.24, 2.45) is 0 Å². The van der Waals surface area contributed by atoms with Crippen LogP contribution in [-0.4, -0.2) is 48.7 Å². The number of carbonyl (C=O) groups excluding carboxylic acids is 1. The summed E-state index contributed by atoms with van der Waals surface area (Å²) < 4.78 is 1.70. The molecule has 136 valence electrons. The third-order valence-corrected chi connectivity index (χ3v) is 4.26. The Kier molecular flexibility index (Phi) is 4.90. The molecule has 1 atom stereocenters. The van der Waals surface area contributed by atoms with Crippen molar-refractivity contribution in [3.8, 4) is 5.75 Å². The van der Waals surface area contributed by atoms with Gasteiger partial charge in [-0.3, -0.25) is 4.79 Å². The van der Waals surface area contributed by atoms with Crippen LogP contribution in [0.4, 0.5) is 0 Å². The number of aryl methyl sites for hydroxylation is 2. The van der Waals surface area contributed by atoms with Crippen LogP contribution in [0.3, 0.4) is 0 Å². The smallest absolute Gasteiger partial charge is 0.272 e. The normalized spacial score (nSPS) is 12.3. The first-order valence-electron chi connectivity index (χ1n) is 8.49. The number of phenols is 1. The average Bonchev–Trinajstić information content (AvgIpc) is 2.99. The van der Waals surface area contributed by atoms with Crippen molar-refractivity contribution in [3.05, 3.63) is 59.0 Å². The predicted molar refractivity (Wildman–Crippen MR) is 97.1 cm³/mol. The Labute approximate surface area is 151 Å². The Hall–Kier alpha value is -2.93. The number of rotatable bonds is 5. The van der Waals surface area contributed by atoms with Gasteiger partial charge in [-0.2, -0.15) is 5.10 Å². The number of hydrogen-bond donors (Lipinski definition) is 2. The summed E-state index contributed by atoms with van der Waals surface area (Å²) in [5.41, 5.74) is 3.14. The molecule has 0 fully saturated rings. The first-order valence-corrected chi connectivity index (χ1v) is 8.49. The molecule has 0 aliphatic rings. The van der Waals surface area contributed by atoms with Crippen molar-refractivity contribution in [2.45, 2.75) is 26.9 Å². The summed E-state index contributed by atoms with van der Waals surface area (Å²) in [6.45, 7) is 6.14. The van der Waals surface area contributed by atoms with Crippen LogP contribution in [0.25, 0.3) is 5.65 Å². The van der Waals surface area contributed by atoms with E-state index >= 15 is 0 Å². The van der Waals surface area contributed by atoms with Crippen molar-refractivity contribution >= 4 is 11.6 Å². The van der Waals surface area contributed by atoms with Gasteiger partial charge in [-0.25, -0.2) is 9.50 Å². The molecule has 26 heavy (non-hydrogen) atoms. The summed E-state index contributed by atoms with van der Waals surface area (Å²) in [6.07, 6.45) is -0.895. The third kappa shape index (κ3) is 3.52. The van der Waals surface area contributed by atoms with Gasteiger partial charge in [-0.1, -0.05) is 12.1 Å². The number of hydrogen-bond acceptors (Lipinski definition) is 5. The molecule has 7 nitrogen and oxygen atoms in total. The Morgan fingerprint density at radius 3 is 2.73 bits per heavy atom. The molecule has 0 spiro atoms. The highest BCUT2D eigenvalue weighted by atomic mass is 16.3. The summed E-state index contributed by atoms with van der Waals surface area (Å²) in [5.74, 6) is -0.175. The van der Waals surface area contributed by atoms with Crippen molar-refractivity contribution in [1.29, 1.82) is 0 Å². The van der Waals surface area contributed by atoms with Gasteiger partial charge in [0.1, 0.15) is 11.4 Å². The maximum atomic E-state index is 12.9. The molecule has 0 saturated heterocycles. The number of aliphatic hydroxyl groups excluding tert-OH is 1. The predicted octanol–water partition coefficient (Wildman–Crippen LogP) is 2.25. The highest BCUT2D eigenvalue weighted by Crippen LogP contribution is 2.20. The molecule has 1 aromatic carbocycles. The molecule has 2 N–H and O–H groups in total. The zero-order chi connectivity index (χ0) is 18.8. The Morgan fingerprint density at radius 1 is 1.27 bits per heavy atom. The Balaban J connectivity index is 1.84. The molecule has 3 aromatic rings. The van der Waals surface area contributed by atoms with E-state index in [1.807, 2.05) is 26.8 Å². The van der Waals surface area contributed by atoms with Crippen molar-refractivity contribution in [3.63, 3.8) is 0 Å². The van der Waals surface area contributed by atoms with E-state index in [1.54, 1.807) is 22.7 Å². The molecule has 0 aliphatic heterocycles. The number of aromatic nitrogens is 3. The number of aromatic hydroxyl groups is 1. The van der Waals surface area contributed by atoms with E-state index in [0.29, 0.717) is 23.4 Å². The van der Waals surface area contributed by atoms with Gasteiger partial charge in [0.05, 0.1) is 18.3 Å². The number of likely N-dealkylation sites (N-methyl/N-ethyl adjacent to an activating group) is 1. The van der Waals surface area contributed by atoms with Crippen molar-refractivity contribution in [2.75, 3.05) is 13.1 Å². The summed E-state index contributed by atoms with van der Waals surface area (Å²) in [4.78, 5) is 18.8. The quantitative estimate of drug-likeness (QED) is 0.733. The van der Waals surface area contributed by atoms with Crippen LogP contribution in [0.15, 0.2) is 36.4 Å². The zero-order valence-corrected chi connectivity index (χ0v) is 15.0. The molecular weight excluding hydrogens is 332 g/mol. The fourth-order valence-electron chi connectivity index (χ4n) is 2.91. The SMILES string of the molecule is CCN(C[C@@H](O)c1cccc(O)c1)C(=O)c1cc(C)n2nc(C)cc2n1. The van der Waals surface area contributed by atoms with Gasteiger partial charge in [0.15, 0.2) is 5.65 Å². The second kappa shape index (κ2) is 7.13. The summed E-state index contributed by atoms with van der Waals surface area (Å²) in [5, 5.41) is 24.3. The van der Waals surface area contributed by atoms with Crippen LogP contribution in [-0.2, 0) is 0 Å². The first kappa shape index (κ1) is 17.9. The maximum absolute atomic E-state index is 12.9. The molecular formula is C19H22N4O3. The molecule has 0 radical (unpaired) electrons. The Bertz CT molecular complexity index is 951. The lowest BCUT2D eigenvalue weighted by Crippen LogP contribution is -2.35. The number of benzene rings is 1. The topological polar surface area (TPSA) is 91.0 Å². The van der Waals surface area contributed by atoms with Crippen molar-refractivity contribution in [1.82, 2.24) is 19.5 Å². The highest BCUT2D eigenvalue weighted by Gasteiger charge is 2.21. The number of aliphatic hydroxyl groups is 1. The first-order chi connectivity index (χ1) is 12.4. The van der Waals surface area contributed by atoms with E-state index in [2.05, 4.69) is 10.1 Å². The van der Waals surface area contributed by atoms with Gasteiger partial charge in [0.25, 0.3) is 5.91 Å². The number of phenolic OH excluding ortho intramolecular Hbond substituents is 1. The molecule has 7 heteroatoms. The van der Waals surface area contributed by atoms with E-state index in [1.165, 1.54) is 17.0 Å². The molecule has 0 bridgehead atoms. The minimum Gasteiger partial charge on any atom is -0.508 e.